The molecule has 0 spiro atoms. The molecule has 5 nitrogen and oxygen atoms in total. The third-order valence-corrected chi connectivity index (χ3v) is 3.51. The van der Waals surface area contributed by atoms with E-state index in [1.807, 2.05) is 0 Å². The van der Waals surface area contributed by atoms with Gasteiger partial charge < -0.3 is 15.5 Å². The Morgan fingerprint density at radius 1 is 1.45 bits per heavy atom. The number of nitrogens with zero attached hydrogens (tertiary/aromatic N) is 2. The van der Waals surface area contributed by atoms with Crippen LogP contribution in [0.1, 0.15) is 9.75 Å². The number of aliphatic imine (C=N–C) groups is 1. The minimum atomic E-state index is -0.0309. The molecule has 0 aliphatic heterocycles. The number of guanidine groups is 1. The second-order valence-corrected chi connectivity index (χ2v) is 5.86. The molecule has 0 fully saturated rings. The van der Waals surface area contributed by atoms with Crippen molar-refractivity contribution in [2.24, 2.45) is 4.99 Å². The van der Waals surface area contributed by atoms with Gasteiger partial charge in [-0.15, -0.1) is 17.9 Å². The van der Waals surface area contributed by atoms with Crippen molar-refractivity contribution in [3.8, 4) is 0 Å². The highest BCUT2D eigenvalue weighted by atomic mass is 32.1. The summed E-state index contributed by atoms with van der Waals surface area (Å²) in [6.45, 7) is 7.16. The van der Waals surface area contributed by atoms with Gasteiger partial charge in [-0.3, -0.25) is 4.79 Å². The number of rotatable bonds is 6. The third kappa shape index (κ3) is 5.88. The first-order chi connectivity index (χ1) is 9.52. The minimum Gasteiger partial charge on any atom is -0.353 e. The van der Waals surface area contributed by atoms with E-state index in [1.165, 1.54) is 14.7 Å². The molecule has 0 aromatic carbocycles. The van der Waals surface area contributed by atoms with Gasteiger partial charge in [0.05, 0.1) is 6.54 Å². The highest BCUT2D eigenvalue weighted by molar-refractivity contribution is 7.11. The topological polar surface area (TPSA) is 56.7 Å². The number of aryl methyl sites for hydroxylation is 1. The number of amides is 1. The number of carbonyl (C=O) groups is 1. The molecule has 1 amide bonds. The SMILES string of the molecule is C=CCNC(=NCC(=O)N(C)C)NCc1ccc(C)s1. The standard InChI is InChI=1S/C14H22N4OS/c1-5-8-15-14(17-10-13(19)18(3)4)16-9-12-7-6-11(2)20-12/h5-7H,1,8-10H2,2-4H3,(H2,15,16,17). The highest BCUT2D eigenvalue weighted by Gasteiger charge is 2.04. The van der Waals surface area contributed by atoms with Gasteiger partial charge in [-0.1, -0.05) is 6.08 Å². The van der Waals surface area contributed by atoms with Gasteiger partial charge in [0.1, 0.15) is 6.54 Å². The monoisotopic (exact) mass is 294 g/mol. The van der Waals surface area contributed by atoms with Crippen molar-refractivity contribution < 1.29 is 4.79 Å². The lowest BCUT2D eigenvalue weighted by Gasteiger charge is -2.12. The Morgan fingerprint density at radius 2 is 2.20 bits per heavy atom. The first-order valence-electron chi connectivity index (χ1n) is 6.41. The molecule has 6 heteroatoms. The van der Waals surface area contributed by atoms with Crippen LogP contribution in [0.3, 0.4) is 0 Å². The zero-order valence-electron chi connectivity index (χ0n) is 12.3. The molecule has 0 bridgehead atoms. The quantitative estimate of drug-likeness (QED) is 0.473. The van der Waals surface area contributed by atoms with Gasteiger partial charge in [-0.2, -0.15) is 0 Å². The predicted octanol–water partition coefficient (Wildman–Crippen LogP) is 1.37. The summed E-state index contributed by atoms with van der Waals surface area (Å²) in [5, 5.41) is 6.30. The third-order valence-electron chi connectivity index (χ3n) is 2.51. The number of nitrogens with one attached hydrogen (secondary N) is 2. The first-order valence-corrected chi connectivity index (χ1v) is 7.23. The fourth-order valence-corrected chi connectivity index (χ4v) is 2.21. The summed E-state index contributed by atoms with van der Waals surface area (Å²) in [4.78, 5) is 19.8. The van der Waals surface area contributed by atoms with Gasteiger partial charge in [0.15, 0.2) is 5.96 Å². The van der Waals surface area contributed by atoms with Crippen molar-refractivity contribution in [2.45, 2.75) is 13.5 Å². The smallest absolute Gasteiger partial charge is 0.243 e. The molecule has 1 rings (SSSR count). The molecular formula is C14H22N4OS. The molecule has 1 aromatic heterocycles. The normalized spacial score (nSPS) is 11.1. The molecule has 2 N–H and O–H groups in total. The van der Waals surface area contributed by atoms with Crippen molar-refractivity contribution in [2.75, 3.05) is 27.2 Å². The zero-order chi connectivity index (χ0) is 15.0. The Morgan fingerprint density at radius 3 is 2.75 bits per heavy atom. The van der Waals surface area contributed by atoms with Crippen molar-refractivity contribution in [3.63, 3.8) is 0 Å². The Balaban J connectivity index is 2.56. The van der Waals surface area contributed by atoms with E-state index in [9.17, 15) is 4.79 Å². The summed E-state index contributed by atoms with van der Waals surface area (Å²) >= 11 is 1.74. The van der Waals surface area contributed by atoms with Crippen LogP contribution in [-0.4, -0.2) is 44.0 Å². The molecule has 1 heterocycles. The van der Waals surface area contributed by atoms with Crippen molar-refractivity contribution >= 4 is 23.2 Å². The fourth-order valence-electron chi connectivity index (χ4n) is 1.38. The molecule has 0 aliphatic carbocycles. The van der Waals surface area contributed by atoms with E-state index in [2.05, 4.69) is 41.3 Å². The van der Waals surface area contributed by atoms with Crippen LogP contribution in [0.15, 0.2) is 29.8 Å². The molecule has 0 unspecified atom stereocenters. The lowest BCUT2D eigenvalue weighted by molar-refractivity contribution is -0.127. The summed E-state index contributed by atoms with van der Waals surface area (Å²) in [5.41, 5.74) is 0. The maximum absolute atomic E-state index is 11.5. The Labute approximate surface area is 124 Å². The fraction of sp³-hybridized carbons (Fsp3) is 0.429. The summed E-state index contributed by atoms with van der Waals surface area (Å²) in [6.07, 6.45) is 1.75. The summed E-state index contributed by atoms with van der Waals surface area (Å²) in [7, 11) is 3.44. The molecule has 0 saturated carbocycles. The average Bonchev–Trinajstić information content (AvgIpc) is 2.83. The largest absolute Gasteiger partial charge is 0.353 e. The Bertz CT molecular complexity index is 479. The maximum Gasteiger partial charge on any atom is 0.243 e. The molecule has 110 valence electrons. The van der Waals surface area contributed by atoms with E-state index in [4.69, 9.17) is 0 Å². The van der Waals surface area contributed by atoms with Crippen LogP contribution in [0.25, 0.3) is 0 Å². The lowest BCUT2D eigenvalue weighted by Crippen LogP contribution is -2.38. The Hall–Kier alpha value is -1.82. The van der Waals surface area contributed by atoms with Crippen LogP contribution in [0.5, 0.6) is 0 Å². The number of carbonyl (C=O) groups excluding carboxylic acids is 1. The average molecular weight is 294 g/mol. The van der Waals surface area contributed by atoms with E-state index in [1.54, 1.807) is 31.5 Å². The number of likely N-dealkylation sites (N-methyl/N-ethyl adjacent to an activating group) is 1. The van der Waals surface area contributed by atoms with Crippen LogP contribution < -0.4 is 10.6 Å². The van der Waals surface area contributed by atoms with Crippen molar-refractivity contribution in [3.05, 3.63) is 34.5 Å². The van der Waals surface area contributed by atoms with Crippen LogP contribution in [-0.2, 0) is 11.3 Å². The lowest BCUT2D eigenvalue weighted by atomic mass is 10.4. The van der Waals surface area contributed by atoms with Gasteiger partial charge in [0.25, 0.3) is 0 Å². The van der Waals surface area contributed by atoms with Gasteiger partial charge in [-0.05, 0) is 19.1 Å². The number of thiophene rings is 1. The van der Waals surface area contributed by atoms with Gasteiger partial charge in [0, 0.05) is 30.4 Å². The van der Waals surface area contributed by atoms with Crippen LogP contribution >= 0.6 is 11.3 Å². The summed E-state index contributed by atoms with van der Waals surface area (Å²) in [6, 6.07) is 4.17. The molecule has 0 radical (unpaired) electrons. The van der Waals surface area contributed by atoms with Crippen LogP contribution in [0.4, 0.5) is 0 Å². The van der Waals surface area contributed by atoms with E-state index in [0.717, 1.165) is 0 Å². The maximum atomic E-state index is 11.5. The molecule has 20 heavy (non-hydrogen) atoms. The number of hydrogen-bond acceptors (Lipinski definition) is 3. The molecule has 0 atom stereocenters. The second kappa shape index (κ2) is 8.37. The van der Waals surface area contributed by atoms with E-state index in [0.29, 0.717) is 19.0 Å². The van der Waals surface area contributed by atoms with Gasteiger partial charge in [-0.25, -0.2) is 4.99 Å². The van der Waals surface area contributed by atoms with Crippen molar-refractivity contribution in [1.29, 1.82) is 0 Å². The van der Waals surface area contributed by atoms with E-state index >= 15 is 0 Å². The van der Waals surface area contributed by atoms with Crippen molar-refractivity contribution in [1.82, 2.24) is 15.5 Å². The summed E-state index contributed by atoms with van der Waals surface area (Å²) < 4.78 is 0. The molecular weight excluding hydrogens is 272 g/mol. The molecule has 0 aliphatic rings. The number of hydrogen-bond donors (Lipinski definition) is 2. The van der Waals surface area contributed by atoms with Gasteiger partial charge >= 0.3 is 0 Å². The van der Waals surface area contributed by atoms with Crippen LogP contribution in [0.2, 0.25) is 0 Å². The van der Waals surface area contributed by atoms with Gasteiger partial charge in [0.2, 0.25) is 5.91 Å². The highest BCUT2D eigenvalue weighted by Crippen LogP contribution is 2.14. The second-order valence-electron chi connectivity index (χ2n) is 4.49. The zero-order valence-corrected chi connectivity index (χ0v) is 13.1. The Kier molecular flexibility index (Phi) is 6.79. The first kappa shape index (κ1) is 16.2. The molecule has 1 aromatic rings. The van der Waals surface area contributed by atoms with E-state index in [-0.39, 0.29) is 12.5 Å². The summed E-state index contributed by atoms with van der Waals surface area (Å²) in [5.74, 6) is 0.586. The molecule has 0 saturated heterocycles. The predicted molar refractivity (Wildman–Crippen MR) is 85.1 cm³/mol. The minimum absolute atomic E-state index is 0.0309. The van der Waals surface area contributed by atoms with E-state index < -0.39 is 0 Å². The van der Waals surface area contributed by atoms with Crippen LogP contribution in [0, 0.1) is 6.92 Å².